The Balaban J connectivity index is 1.05. The molecule has 0 spiro atoms. The van der Waals surface area contributed by atoms with Crippen LogP contribution in [0, 0.1) is 6.92 Å². The molecule has 0 aliphatic heterocycles. The van der Waals surface area contributed by atoms with E-state index in [4.69, 9.17) is 0 Å². The molecule has 0 aliphatic carbocycles. The van der Waals surface area contributed by atoms with Crippen LogP contribution >= 0.6 is 0 Å². The highest BCUT2D eigenvalue weighted by Gasteiger charge is 2.15. The van der Waals surface area contributed by atoms with Crippen molar-refractivity contribution < 1.29 is 0 Å². The number of hydrogen-bond donors (Lipinski definition) is 0. The molecule has 0 fully saturated rings. The van der Waals surface area contributed by atoms with Crippen molar-refractivity contribution in [2.24, 2.45) is 0 Å². The monoisotopic (exact) mass is 652 g/mol. The van der Waals surface area contributed by atoms with Crippen molar-refractivity contribution in [1.82, 2.24) is 4.57 Å². The van der Waals surface area contributed by atoms with Crippen LogP contribution in [0.2, 0.25) is 0 Å². The normalized spacial score (nSPS) is 11.2. The van der Waals surface area contributed by atoms with Gasteiger partial charge in [-0.05, 0) is 107 Å². The predicted octanol–water partition coefficient (Wildman–Crippen LogP) is 13.6. The first kappa shape index (κ1) is 30.4. The zero-order chi connectivity index (χ0) is 34.1. The molecule has 9 aromatic rings. The van der Waals surface area contributed by atoms with Gasteiger partial charge in [0.25, 0.3) is 0 Å². The van der Waals surface area contributed by atoms with Gasteiger partial charge in [0, 0.05) is 33.5 Å². The van der Waals surface area contributed by atoms with E-state index in [0.717, 1.165) is 17.1 Å². The second-order valence-corrected chi connectivity index (χ2v) is 13.1. The quantitative estimate of drug-likeness (QED) is 0.166. The molecular formula is C49H36N2. The third-order valence-corrected chi connectivity index (χ3v) is 9.87. The molecule has 0 atom stereocenters. The maximum Gasteiger partial charge on any atom is 0.0541 e. The van der Waals surface area contributed by atoms with Gasteiger partial charge in [-0.2, -0.15) is 0 Å². The van der Waals surface area contributed by atoms with Crippen molar-refractivity contribution in [2.75, 3.05) is 4.90 Å². The minimum Gasteiger partial charge on any atom is -0.310 e. The van der Waals surface area contributed by atoms with Gasteiger partial charge in [-0.15, -0.1) is 0 Å². The molecule has 0 saturated heterocycles. The summed E-state index contributed by atoms with van der Waals surface area (Å²) in [6, 6.07) is 72.2. The lowest BCUT2D eigenvalue weighted by molar-refractivity contribution is 1.17. The number of hydrogen-bond acceptors (Lipinski definition) is 1. The van der Waals surface area contributed by atoms with Crippen LogP contribution in [0.5, 0.6) is 0 Å². The molecule has 0 bridgehead atoms. The van der Waals surface area contributed by atoms with E-state index in [0.29, 0.717) is 0 Å². The SMILES string of the molecule is Cc1ccc(-n2c3ccccc3c3cc(-c4ccc(-c5cccc(N(c6ccccc6)c6ccc(-c7ccccc7)cc6)c5)cc4)ccc32)cc1. The topological polar surface area (TPSA) is 8.17 Å². The Labute approximate surface area is 299 Å². The summed E-state index contributed by atoms with van der Waals surface area (Å²) in [6.45, 7) is 2.13. The molecule has 0 saturated carbocycles. The van der Waals surface area contributed by atoms with Crippen molar-refractivity contribution in [3.63, 3.8) is 0 Å². The lowest BCUT2D eigenvalue weighted by Gasteiger charge is -2.26. The second-order valence-electron chi connectivity index (χ2n) is 13.1. The van der Waals surface area contributed by atoms with Crippen LogP contribution in [-0.2, 0) is 0 Å². The molecule has 2 heteroatoms. The average Bonchev–Trinajstić information content (AvgIpc) is 3.53. The van der Waals surface area contributed by atoms with Crippen LogP contribution in [0.25, 0.3) is 60.9 Å². The third kappa shape index (κ3) is 5.77. The smallest absolute Gasteiger partial charge is 0.0541 e. The number of aromatic nitrogens is 1. The molecule has 0 amide bonds. The van der Waals surface area contributed by atoms with E-state index in [1.54, 1.807) is 0 Å². The summed E-state index contributed by atoms with van der Waals surface area (Å²) in [5, 5.41) is 2.53. The molecule has 242 valence electrons. The lowest BCUT2D eigenvalue weighted by atomic mass is 9.98. The van der Waals surface area contributed by atoms with Crippen molar-refractivity contribution in [3.05, 3.63) is 206 Å². The van der Waals surface area contributed by atoms with Crippen LogP contribution in [0.1, 0.15) is 5.56 Å². The number of fused-ring (bicyclic) bond motifs is 3. The van der Waals surface area contributed by atoms with E-state index in [1.165, 1.54) is 66.4 Å². The maximum absolute atomic E-state index is 2.38. The first-order valence-corrected chi connectivity index (χ1v) is 17.5. The van der Waals surface area contributed by atoms with Crippen LogP contribution < -0.4 is 4.90 Å². The van der Waals surface area contributed by atoms with Crippen LogP contribution in [-0.4, -0.2) is 4.57 Å². The Morgan fingerprint density at radius 3 is 1.55 bits per heavy atom. The highest BCUT2D eigenvalue weighted by Crippen LogP contribution is 2.39. The Morgan fingerprint density at radius 1 is 0.333 bits per heavy atom. The van der Waals surface area contributed by atoms with Gasteiger partial charge in [-0.1, -0.05) is 139 Å². The van der Waals surface area contributed by atoms with E-state index in [2.05, 4.69) is 217 Å². The van der Waals surface area contributed by atoms with Crippen molar-refractivity contribution in [1.29, 1.82) is 0 Å². The molecule has 8 aromatic carbocycles. The van der Waals surface area contributed by atoms with E-state index < -0.39 is 0 Å². The number of para-hydroxylation sites is 2. The number of nitrogens with zero attached hydrogens (tertiary/aromatic N) is 2. The number of rotatable bonds is 7. The Hall–Kier alpha value is -6.64. The maximum atomic E-state index is 2.38. The van der Waals surface area contributed by atoms with E-state index in [1.807, 2.05) is 0 Å². The van der Waals surface area contributed by atoms with E-state index >= 15 is 0 Å². The largest absolute Gasteiger partial charge is 0.310 e. The van der Waals surface area contributed by atoms with Crippen molar-refractivity contribution in [2.45, 2.75) is 6.92 Å². The summed E-state index contributed by atoms with van der Waals surface area (Å²) < 4.78 is 2.38. The highest BCUT2D eigenvalue weighted by molar-refractivity contribution is 6.10. The lowest BCUT2D eigenvalue weighted by Crippen LogP contribution is -2.09. The van der Waals surface area contributed by atoms with Gasteiger partial charge in [0.05, 0.1) is 11.0 Å². The fraction of sp³-hybridized carbons (Fsp3) is 0.0204. The molecule has 0 radical (unpaired) electrons. The Bertz CT molecular complexity index is 2600. The molecule has 1 aromatic heterocycles. The molecule has 0 unspecified atom stereocenters. The van der Waals surface area contributed by atoms with Crippen LogP contribution in [0.4, 0.5) is 17.1 Å². The zero-order valence-corrected chi connectivity index (χ0v) is 28.4. The van der Waals surface area contributed by atoms with Crippen molar-refractivity contribution in [3.8, 4) is 39.1 Å². The zero-order valence-electron chi connectivity index (χ0n) is 28.4. The summed E-state index contributed by atoms with van der Waals surface area (Å²) in [5.74, 6) is 0. The van der Waals surface area contributed by atoms with Crippen LogP contribution in [0.15, 0.2) is 200 Å². The minimum atomic E-state index is 1.12. The molecule has 51 heavy (non-hydrogen) atoms. The molecule has 9 rings (SSSR count). The van der Waals surface area contributed by atoms with Crippen LogP contribution in [0.3, 0.4) is 0 Å². The van der Waals surface area contributed by atoms with Gasteiger partial charge >= 0.3 is 0 Å². The van der Waals surface area contributed by atoms with Gasteiger partial charge in [0.2, 0.25) is 0 Å². The number of aryl methyl sites for hydroxylation is 1. The predicted molar refractivity (Wildman–Crippen MR) is 217 cm³/mol. The van der Waals surface area contributed by atoms with Gasteiger partial charge in [-0.3, -0.25) is 0 Å². The fourth-order valence-electron chi connectivity index (χ4n) is 7.26. The fourth-order valence-corrected chi connectivity index (χ4v) is 7.26. The summed E-state index contributed by atoms with van der Waals surface area (Å²) in [5.41, 5.74) is 15.4. The van der Waals surface area contributed by atoms with E-state index in [-0.39, 0.29) is 0 Å². The highest BCUT2D eigenvalue weighted by atomic mass is 15.1. The summed E-state index contributed by atoms with van der Waals surface area (Å²) in [7, 11) is 0. The minimum absolute atomic E-state index is 1.12. The summed E-state index contributed by atoms with van der Waals surface area (Å²) in [4.78, 5) is 2.33. The van der Waals surface area contributed by atoms with Crippen molar-refractivity contribution >= 4 is 38.9 Å². The van der Waals surface area contributed by atoms with Gasteiger partial charge < -0.3 is 9.47 Å². The first-order chi connectivity index (χ1) is 25.2. The molecule has 0 aliphatic rings. The van der Waals surface area contributed by atoms with E-state index in [9.17, 15) is 0 Å². The average molecular weight is 653 g/mol. The van der Waals surface area contributed by atoms with Gasteiger partial charge in [0.1, 0.15) is 0 Å². The third-order valence-electron chi connectivity index (χ3n) is 9.87. The Morgan fingerprint density at radius 2 is 0.824 bits per heavy atom. The molecular weight excluding hydrogens is 617 g/mol. The Kier molecular flexibility index (Phi) is 7.75. The first-order valence-electron chi connectivity index (χ1n) is 17.5. The number of benzene rings is 8. The standard InChI is InChI=1S/C49H36N2/c1-35-19-28-44(29-20-35)51-48-18-9-8-17-46(48)47-34-41(27-32-49(47)51)39-23-21-38(22-24-39)40-13-10-16-45(33-40)50(42-14-6-3-7-15-42)43-30-25-37(26-31-43)36-11-4-2-5-12-36/h2-34H,1H3. The van der Waals surface area contributed by atoms with Gasteiger partial charge in [-0.25, -0.2) is 0 Å². The summed E-state index contributed by atoms with van der Waals surface area (Å²) >= 11 is 0. The van der Waals surface area contributed by atoms with Gasteiger partial charge in [0.15, 0.2) is 0 Å². The summed E-state index contributed by atoms with van der Waals surface area (Å²) in [6.07, 6.45) is 0. The molecule has 1 heterocycles. The number of anilines is 3. The molecule has 2 nitrogen and oxygen atoms in total. The second kappa shape index (κ2) is 13.0. The molecule has 0 N–H and O–H groups in total.